The molecule has 0 radical (unpaired) electrons. The minimum atomic E-state index is -0.538. The first kappa shape index (κ1) is 14.1. The van der Waals surface area contributed by atoms with Gasteiger partial charge < -0.3 is 9.64 Å². The van der Waals surface area contributed by atoms with E-state index in [0.29, 0.717) is 12.1 Å². The van der Waals surface area contributed by atoms with E-state index in [9.17, 15) is 9.59 Å². The van der Waals surface area contributed by atoms with Crippen molar-refractivity contribution in [2.45, 2.75) is 26.4 Å². The van der Waals surface area contributed by atoms with E-state index >= 15 is 0 Å². The molecule has 0 spiro atoms. The number of carbonyl (C=O) groups is 2. The first-order valence-electron chi connectivity index (χ1n) is 6.13. The molecule has 0 fully saturated rings. The molecule has 102 valence electrons. The van der Waals surface area contributed by atoms with E-state index in [4.69, 9.17) is 4.74 Å². The molecule has 0 bridgehead atoms. The van der Waals surface area contributed by atoms with Crippen LogP contribution in [-0.2, 0) is 16.1 Å². The van der Waals surface area contributed by atoms with Gasteiger partial charge in [0.2, 0.25) is 0 Å². The summed E-state index contributed by atoms with van der Waals surface area (Å²) < 4.78 is 5.68. The molecular weight excluding hydrogens is 310 g/mol. The fourth-order valence-corrected chi connectivity index (χ4v) is 2.76. The van der Waals surface area contributed by atoms with Crippen LogP contribution in [0.5, 0.6) is 0 Å². The van der Waals surface area contributed by atoms with Crippen molar-refractivity contribution in [2.75, 3.05) is 7.11 Å². The zero-order valence-corrected chi connectivity index (χ0v) is 12.7. The monoisotopic (exact) mass is 325 g/mol. The van der Waals surface area contributed by atoms with Crippen molar-refractivity contribution in [1.29, 1.82) is 0 Å². The Hall–Kier alpha value is -1.36. The van der Waals surface area contributed by atoms with E-state index in [0.717, 1.165) is 10.0 Å². The van der Waals surface area contributed by atoms with Gasteiger partial charge in [-0.3, -0.25) is 4.79 Å². The van der Waals surface area contributed by atoms with Crippen LogP contribution in [0.15, 0.2) is 22.7 Å². The number of fused-ring (bicyclic) bond motifs is 1. The molecule has 1 unspecified atom stereocenters. The van der Waals surface area contributed by atoms with Crippen LogP contribution in [0.25, 0.3) is 0 Å². The number of esters is 1. The van der Waals surface area contributed by atoms with Gasteiger partial charge in [0, 0.05) is 16.6 Å². The highest BCUT2D eigenvalue weighted by Gasteiger charge is 2.38. The fourth-order valence-electron chi connectivity index (χ4n) is 2.40. The average Bonchev–Trinajstić information content (AvgIpc) is 2.67. The lowest BCUT2D eigenvalue weighted by molar-refractivity contribution is -0.147. The maximum absolute atomic E-state index is 12.4. The average molecular weight is 326 g/mol. The van der Waals surface area contributed by atoms with Gasteiger partial charge in [0.05, 0.1) is 7.11 Å². The van der Waals surface area contributed by atoms with Gasteiger partial charge in [-0.1, -0.05) is 35.8 Å². The number of halogens is 1. The molecule has 0 saturated heterocycles. The number of methoxy groups -OCH3 is 1. The highest BCUT2D eigenvalue weighted by Crippen LogP contribution is 2.29. The predicted molar refractivity (Wildman–Crippen MR) is 74.7 cm³/mol. The van der Waals surface area contributed by atoms with E-state index in [1.54, 1.807) is 11.0 Å². The second-order valence-corrected chi connectivity index (χ2v) is 5.86. The standard InChI is InChI=1S/C14H16BrNO3/c1-8(2)12(14(18)19-3)16-7-9-4-5-10(15)6-11(9)13(16)17/h4-6,8,12H,7H2,1-3H3. The Balaban J connectivity index is 2.34. The lowest BCUT2D eigenvalue weighted by Gasteiger charge is -2.28. The lowest BCUT2D eigenvalue weighted by Crippen LogP contribution is -2.45. The Morgan fingerprint density at radius 3 is 2.68 bits per heavy atom. The fraction of sp³-hybridized carbons (Fsp3) is 0.429. The molecule has 0 saturated carbocycles. The highest BCUT2D eigenvalue weighted by atomic mass is 79.9. The number of benzene rings is 1. The van der Waals surface area contributed by atoms with Gasteiger partial charge in [-0.2, -0.15) is 0 Å². The minimum absolute atomic E-state index is 0.00847. The smallest absolute Gasteiger partial charge is 0.328 e. The highest BCUT2D eigenvalue weighted by molar-refractivity contribution is 9.10. The quantitative estimate of drug-likeness (QED) is 0.802. The number of nitrogens with zero attached hydrogens (tertiary/aromatic N) is 1. The molecule has 5 heteroatoms. The third-order valence-corrected chi connectivity index (χ3v) is 3.81. The van der Waals surface area contributed by atoms with Gasteiger partial charge in [0.1, 0.15) is 6.04 Å². The molecule has 1 aromatic carbocycles. The molecule has 0 aliphatic carbocycles. The van der Waals surface area contributed by atoms with Crippen molar-refractivity contribution < 1.29 is 14.3 Å². The summed E-state index contributed by atoms with van der Waals surface area (Å²) in [5.41, 5.74) is 1.60. The molecule has 2 rings (SSSR count). The molecule has 4 nitrogen and oxygen atoms in total. The van der Waals surface area contributed by atoms with Gasteiger partial charge in [-0.05, 0) is 23.6 Å². The maximum atomic E-state index is 12.4. The Morgan fingerprint density at radius 2 is 2.11 bits per heavy atom. The molecular formula is C14H16BrNO3. The van der Waals surface area contributed by atoms with Gasteiger partial charge in [-0.15, -0.1) is 0 Å². The van der Waals surface area contributed by atoms with E-state index < -0.39 is 6.04 Å². The topological polar surface area (TPSA) is 46.6 Å². The molecule has 1 amide bonds. The summed E-state index contributed by atoms with van der Waals surface area (Å²) in [5, 5.41) is 0. The van der Waals surface area contributed by atoms with E-state index in [1.165, 1.54) is 7.11 Å². The number of ether oxygens (including phenoxy) is 1. The van der Waals surface area contributed by atoms with Crippen LogP contribution in [0.2, 0.25) is 0 Å². The SMILES string of the molecule is COC(=O)C(C(C)C)N1Cc2ccc(Br)cc2C1=O. The molecule has 1 atom stereocenters. The molecule has 1 aliphatic heterocycles. The van der Waals surface area contributed by atoms with Crippen molar-refractivity contribution in [1.82, 2.24) is 4.90 Å². The van der Waals surface area contributed by atoms with Gasteiger partial charge >= 0.3 is 5.97 Å². The molecule has 19 heavy (non-hydrogen) atoms. The second-order valence-electron chi connectivity index (χ2n) is 4.95. The Kier molecular flexibility index (Phi) is 3.94. The summed E-state index contributed by atoms with van der Waals surface area (Å²) in [4.78, 5) is 25.9. The van der Waals surface area contributed by atoms with Crippen LogP contribution in [0.4, 0.5) is 0 Å². The van der Waals surface area contributed by atoms with Crippen molar-refractivity contribution >= 4 is 27.8 Å². The number of amides is 1. The minimum Gasteiger partial charge on any atom is -0.467 e. The maximum Gasteiger partial charge on any atom is 0.328 e. The first-order valence-corrected chi connectivity index (χ1v) is 6.92. The molecule has 1 aromatic rings. The Labute approximate surface area is 120 Å². The lowest BCUT2D eigenvalue weighted by atomic mass is 10.0. The summed E-state index contributed by atoms with van der Waals surface area (Å²) in [6.07, 6.45) is 0. The molecule has 0 aromatic heterocycles. The van der Waals surface area contributed by atoms with E-state index in [1.807, 2.05) is 26.0 Å². The third kappa shape index (κ3) is 2.52. The van der Waals surface area contributed by atoms with Gasteiger partial charge in [0.15, 0.2) is 0 Å². The van der Waals surface area contributed by atoms with Gasteiger partial charge in [0.25, 0.3) is 5.91 Å². The zero-order valence-electron chi connectivity index (χ0n) is 11.1. The van der Waals surface area contributed by atoms with Crippen molar-refractivity contribution in [3.05, 3.63) is 33.8 Å². The summed E-state index contributed by atoms with van der Waals surface area (Å²) >= 11 is 3.36. The van der Waals surface area contributed by atoms with Crippen LogP contribution in [0.1, 0.15) is 29.8 Å². The molecule has 0 N–H and O–H groups in total. The number of carbonyl (C=O) groups excluding carboxylic acids is 2. The first-order chi connectivity index (χ1) is 8.95. The predicted octanol–water partition coefficient (Wildman–Crippen LogP) is 2.60. The van der Waals surface area contributed by atoms with Crippen molar-refractivity contribution in [2.24, 2.45) is 5.92 Å². The largest absolute Gasteiger partial charge is 0.467 e. The van der Waals surface area contributed by atoms with Gasteiger partial charge in [-0.25, -0.2) is 4.79 Å². The zero-order chi connectivity index (χ0) is 14.2. The van der Waals surface area contributed by atoms with E-state index in [2.05, 4.69) is 15.9 Å². The van der Waals surface area contributed by atoms with Crippen LogP contribution in [-0.4, -0.2) is 29.9 Å². The third-order valence-electron chi connectivity index (χ3n) is 3.31. The summed E-state index contributed by atoms with van der Waals surface area (Å²) in [7, 11) is 1.35. The number of hydrogen-bond acceptors (Lipinski definition) is 3. The van der Waals surface area contributed by atoms with Crippen LogP contribution >= 0.6 is 15.9 Å². The van der Waals surface area contributed by atoms with Crippen LogP contribution in [0.3, 0.4) is 0 Å². The van der Waals surface area contributed by atoms with Crippen LogP contribution < -0.4 is 0 Å². The van der Waals surface area contributed by atoms with Crippen molar-refractivity contribution in [3.8, 4) is 0 Å². The molecule has 1 heterocycles. The Bertz CT molecular complexity index is 527. The molecule has 1 aliphatic rings. The van der Waals surface area contributed by atoms with E-state index in [-0.39, 0.29) is 17.8 Å². The Morgan fingerprint density at radius 1 is 1.42 bits per heavy atom. The normalized spacial score (nSPS) is 15.6. The second kappa shape index (κ2) is 5.33. The number of rotatable bonds is 3. The summed E-state index contributed by atoms with van der Waals surface area (Å²) in [5.74, 6) is -0.468. The number of hydrogen-bond donors (Lipinski definition) is 0. The summed E-state index contributed by atoms with van der Waals surface area (Å²) in [6.45, 7) is 4.28. The summed E-state index contributed by atoms with van der Waals surface area (Å²) in [6, 6.07) is 5.07. The van der Waals surface area contributed by atoms with Crippen molar-refractivity contribution in [3.63, 3.8) is 0 Å². The van der Waals surface area contributed by atoms with Crippen LogP contribution in [0, 0.1) is 5.92 Å².